The van der Waals surface area contributed by atoms with Crippen LogP contribution in [0.15, 0.2) is 22.3 Å². The summed E-state index contributed by atoms with van der Waals surface area (Å²) in [4.78, 5) is 17.3. The fourth-order valence-electron chi connectivity index (χ4n) is 1.70. The minimum atomic E-state index is 0.336. The van der Waals surface area contributed by atoms with Gasteiger partial charge in [0.2, 0.25) is 11.1 Å². The van der Waals surface area contributed by atoms with Crippen LogP contribution < -0.4 is 10.1 Å². The van der Waals surface area contributed by atoms with Gasteiger partial charge >= 0.3 is 6.01 Å². The number of nitrogens with zero attached hydrogens (tertiary/aromatic N) is 4. The number of aromatic nitrogens is 4. The fourth-order valence-corrected chi connectivity index (χ4v) is 2.58. The zero-order valence-corrected chi connectivity index (χ0v) is 13.5. The van der Waals surface area contributed by atoms with Gasteiger partial charge in [0.1, 0.15) is 5.03 Å². The van der Waals surface area contributed by atoms with Gasteiger partial charge in [-0.25, -0.2) is 4.98 Å². The number of rotatable bonds is 6. The highest BCUT2D eigenvalue weighted by atomic mass is 32.2. The Morgan fingerprint density at radius 3 is 2.62 bits per heavy atom. The second-order valence-electron chi connectivity index (χ2n) is 4.55. The Hall–Kier alpha value is -1.89. The normalized spacial score (nSPS) is 10.5. The van der Waals surface area contributed by atoms with Crippen molar-refractivity contribution in [3.63, 3.8) is 0 Å². The minimum Gasteiger partial charge on any atom is -0.463 e. The molecule has 0 atom stereocenters. The molecular weight excluding hydrogens is 286 g/mol. The number of nitrogens with one attached hydrogen (secondary N) is 1. The third-order valence-electron chi connectivity index (χ3n) is 2.52. The van der Waals surface area contributed by atoms with E-state index < -0.39 is 0 Å². The van der Waals surface area contributed by atoms with E-state index in [1.54, 1.807) is 7.05 Å². The van der Waals surface area contributed by atoms with Crippen LogP contribution in [0.25, 0.3) is 0 Å². The van der Waals surface area contributed by atoms with Crippen molar-refractivity contribution in [1.82, 2.24) is 19.9 Å². The van der Waals surface area contributed by atoms with Crippen molar-refractivity contribution in [3.05, 3.63) is 23.4 Å². The number of anilines is 1. The van der Waals surface area contributed by atoms with Crippen LogP contribution in [0.2, 0.25) is 0 Å². The van der Waals surface area contributed by atoms with E-state index in [0.717, 1.165) is 22.7 Å². The Kier molecular flexibility index (Phi) is 5.32. The Morgan fingerprint density at radius 1 is 1.14 bits per heavy atom. The Balaban J connectivity index is 2.25. The number of hydrogen-bond acceptors (Lipinski definition) is 7. The van der Waals surface area contributed by atoms with Crippen molar-refractivity contribution in [2.75, 3.05) is 19.0 Å². The molecule has 0 amide bonds. The molecule has 0 saturated heterocycles. The van der Waals surface area contributed by atoms with Crippen molar-refractivity contribution >= 4 is 17.7 Å². The zero-order valence-electron chi connectivity index (χ0n) is 12.7. The summed E-state index contributed by atoms with van der Waals surface area (Å²) in [6, 6.07) is 4.38. The Bertz CT molecular complexity index is 600. The standard InChI is InChI=1S/C14H19N5OS/c1-5-6-20-13-17-12(15-4)18-14(19-13)21-11-8-9(2)7-10(3)16-11/h7-8H,5-6H2,1-4H3,(H,15,17,18,19). The fraction of sp³-hybridized carbons (Fsp3) is 0.429. The van der Waals surface area contributed by atoms with Gasteiger partial charge in [-0.2, -0.15) is 15.0 Å². The second kappa shape index (κ2) is 7.21. The molecule has 0 saturated carbocycles. The van der Waals surface area contributed by atoms with E-state index in [4.69, 9.17) is 4.74 Å². The van der Waals surface area contributed by atoms with Gasteiger partial charge < -0.3 is 10.1 Å². The van der Waals surface area contributed by atoms with E-state index in [-0.39, 0.29) is 0 Å². The summed E-state index contributed by atoms with van der Waals surface area (Å²) in [6.07, 6.45) is 0.904. The molecule has 0 radical (unpaired) electrons. The van der Waals surface area contributed by atoms with Gasteiger partial charge in [0, 0.05) is 12.7 Å². The van der Waals surface area contributed by atoms with Crippen LogP contribution in [0.1, 0.15) is 24.6 Å². The van der Waals surface area contributed by atoms with E-state index in [0.29, 0.717) is 23.7 Å². The maximum absolute atomic E-state index is 5.49. The predicted molar refractivity (Wildman–Crippen MR) is 83.0 cm³/mol. The topological polar surface area (TPSA) is 72.8 Å². The molecule has 0 aliphatic heterocycles. The smallest absolute Gasteiger partial charge is 0.322 e. The van der Waals surface area contributed by atoms with Crippen molar-refractivity contribution in [1.29, 1.82) is 0 Å². The molecule has 21 heavy (non-hydrogen) atoms. The zero-order chi connectivity index (χ0) is 15.2. The molecule has 2 rings (SSSR count). The maximum Gasteiger partial charge on any atom is 0.322 e. The van der Waals surface area contributed by atoms with Crippen molar-refractivity contribution in [2.24, 2.45) is 0 Å². The maximum atomic E-state index is 5.49. The van der Waals surface area contributed by atoms with Crippen LogP contribution in [0.5, 0.6) is 6.01 Å². The van der Waals surface area contributed by atoms with Crippen molar-refractivity contribution < 1.29 is 4.74 Å². The predicted octanol–water partition coefficient (Wildman–Crippen LogP) is 2.87. The van der Waals surface area contributed by atoms with E-state index in [1.807, 2.05) is 32.9 Å². The van der Waals surface area contributed by atoms with E-state index in [1.165, 1.54) is 11.8 Å². The van der Waals surface area contributed by atoms with Gasteiger partial charge in [0.25, 0.3) is 0 Å². The van der Waals surface area contributed by atoms with Gasteiger partial charge in [-0.1, -0.05) is 6.92 Å². The van der Waals surface area contributed by atoms with E-state index in [9.17, 15) is 0 Å². The molecule has 0 fully saturated rings. The molecular formula is C14H19N5OS. The molecule has 6 nitrogen and oxygen atoms in total. The molecule has 0 bridgehead atoms. The number of hydrogen-bond donors (Lipinski definition) is 1. The first-order valence-electron chi connectivity index (χ1n) is 6.80. The summed E-state index contributed by atoms with van der Waals surface area (Å²) in [7, 11) is 1.77. The van der Waals surface area contributed by atoms with Crippen molar-refractivity contribution in [3.8, 4) is 6.01 Å². The van der Waals surface area contributed by atoms with Crippen LogP contribution in [0, 0.1) is 13.8 Å². The second-order valence-corrected chi connectivity index (χ2v) is 5.54. The van der Waals surface area contributed by atoms with Crippen molar-refractivity contribution in [2.45, 2.75) is 37.4 Å². The largest absolute Gasteiger partial charge is 0.463 e. The summed E-state index contributed by atoms with van der Waals surface area (Å²) in [6.45, 7) is 6.63. The van der Waals surface area contributed by atoms with Gasteiger partial charge in [-0.15, -0.1) is 0 Å². The quantitative estimate of drug-likeness (QED) is 0.879. The average Bonchev–Trinajstić information content (AvgIpc) is 2.43. The van der Waals surface area contributed by atoms with Crippen LogP contribution in [0.3, 0.4) is 0 Å². The molecule has 7 heteroatoms. The lowest BCUT2D eigenvalue weighted by molar-refractivity contribution is 0.288. The first kappa shape index (κ1) is 15.5. The first-order valence-corrected chi connectivity index (χ1v) is 7.62. The average molecular weight is 305 g/mol. The summed E-state index contributed by atoms with van der Waals surface area (Å²) >= 11 is 1.40. The number of pyridine rings is 1. The molecule has 0 aliphatic carbocycles. The highest BCUT2D eigenvalue weighted by Crippen LogP contribution is 2.25. The minimum absolute atomic E-state index is 0.336. The number of ether oxygens (including phenoxy) is 1. The summed E-state index contributed by atoms with van der Waals surface area (Å²) in [5.41, 5.74) is 2.14. The highest BCUT2D eigenvalue weighted by molar-refractivity contribution is 7.99. The SMILES string of the molecule is CCCOc1nc(NC)nc(Sc2cc(C)cc(C)n2)n1. The molecule has 2 heterocycles. The Labute approximate surface area is 128 Å². The van der Waals surface area contributed by atoms with Gasteiger partial charge in [0.05, 0.1) is 6.61 Å². The molecule has 0 aliphatic rings. The third-order valence-corrected chi connectivity index (χ3v) is 3.31. The lowest BCUT2D eigenvalue weighted by Gasteiger charge is -2.07. The molecule has 2 aromatic rings. The lowest BCUT2D eigenvalue weighted by Crippen LogP contribution is -2.05. The summed E-state index contributed by atoms with van der Waals surface area (Å²) in [5.74, 6) is 0.489. The van der Waals surface area contributed by atoms with E-state index in [2.05, 4.69) is 25.3 Å². The van der Waals surface area contributed by atoms with Crippen LogP contribution in [0.4, 0.5) is 5.95 Å². The lowest BCUT2D eigenvalue weighted by atomic mass is 10.3. The first-order chi connectivity index (χ1) is 10.1. The number of aryl methyl sites for hydroxylation is 2. The van der Waals surface area contributed by atoms with Gasteiger partial charge in [-0.05, 0) is 49.7 Å². The Morgan fingerprint density at radius 2 is 1.95 bits per heavy atom. The monoisotopic (exact) mass is 305 g/mol. The highest BCUT2D eigenvalue weighted by Gasteiger charge is 2.09. The third kappa shape index (κ3) is 4.56. The van der Waals surface area contributed by atoms with Gasteiger partial charge in [-0.3, -0.25) is 0 Å². The van der Waals surface area contributed by atoms with Crippen LogP contribution in [-0.4, -0.2) is 33.6 Å². The summed E-state index contributed by atoms with van der Waals surface area (Å²) < 4.78 is 5.49. The van der Waals surface area contributed by atoms with Gasteiger partial charge in [0.15, 0.2) is 0 Å². The molecule has 0 aromatic carbocycles. The summed E-state index contributed by atoms with van der Waals surface area (Å²) in [5, 5.41) is 4.35. The van der Waals surface area contributed by atoms with Crippen LogP contribution in [-0.2, 0) is 0 Å². The molecule has 0 unspecified atom stereocenters. The molecule has 1 N–H and O–H groups in total. The molecule has 2 aromatic heterocycles. The van der Waals surface area contributed by atoms with E-state index >= 15 is 0 Å². The molecule has 112 valence electrons. The van der Waals surface area contributed by atoms with Crippen LogP contribution >= 0.6 is 11.8 Å². The molecule has 0 spiro atoms.